The van der Waals surface area contributed by atoms with Crippen LogP contribution in [0.5, 0.6) is 11.5 Å². The van der Waals surface area contributed by atoms with Gasteiger partial charge in [-0.2, -0.15) is 0 Å². The number of phenolic OH excluding ortho intramolecular Hbond substituents is 2. The first-order valence-electron chi connectivity index (χ1n) is 15.1. The molecular weight excluding hydrogens is 570 g/mol. The molecule has 2 amide bonds. The van der Waals surface area contributed by atoms with Crippen LogP contribution < -0.4 is 16.0 Å². The maximum Gasteiger partial charge on any atom is 0.251 e. The summed E-state index contributed by atoms with van der Waals surface area (Å²) in [5, 5.41) is 29.0. The van der Waals surface area contributed by atoms with Gasteiger partial charge in [0.25, 0.3) is 5.91 Å². The SMILES string of the molecule is C[C@H](Cc1cccc(C(=O)NCC(C)(C)c2ccc(O)cc2)c1)NC[C@H](O[Si](C)(C)C(C)(C)C)c1ccc(O)c(NC=O)c1. The number of hydrogen-bond acceptors (Lipinski definition) is 6. The maximum atomic E-state index is 13.1. The molecule has 3 aromatic carbocycles. The third-order valence-electron chi connectivity index (χ3n) is 8.57. The minimum atomic E-state index is -2.16. The molecule has 0 aliphatic rings. The highest BCUT2D eigenvalue weighted by atomic mass is 28.4. The predicted molar refractivity (Wildman–Crippen MR) is 180 cm³/mol. The summed E-state index contributed by atoms with van der Waals surface area (Å²) in [6, 6.07) is 20.0. The molecule has 0 radical (unpaired) electrons. The lowest BCUT2D eigenvalue weighted by Gasteiger charge is -2.40. The molecule has 0 aliphatic heterocycles. The van der Waals surface area contributed by atoms with E-state index in [2.05, 4.69) is 70.6 Å². The second-order valence-electron chi connectivity index (χ2n) is 13.7. The number of carbonyl (C=O) groups is 2. The highest BCUT2D eigenvalue weighted by molar-refractivity contribution is 6.74. The fourth-order valence-electron chi connectivity index (χ4n) is 4.68. The number of benzene rings is 3. The molecule has 44 heavy (non-hydrogen) atoms. The van der Waals surface area contributed by atoms with Crippen molar-refractivity contribution >= 4 is 26.3 Å². The Labute approximate surface area is 263 Å². The summed E-state index contributed by atoms with van der Waals surface area (Å²) in [5.41, 5.74) is 3.59. The number of carbonyl (C=O) groups excluding carboxylic acids is 2. The molecule has 9 heteroatoms. The first-order valence-corrected chi connectivity index (χ1v) is 18.0. The molecule has 0 spiro atoms. The van der Waals surface area contributed by atoms with Crippen LogP contribution in [0.4, 0.5) is 5.69 Å². The van der Waals surface area contributed by atoms with E-state index in [1.54, 1.807) is 24.3 Å². The van der Waals surface area contributed by atoms with Crippen LogP contribution in [0.25, 0.3) is 0 Å². The fourth-order valence-corrected chi connectivity index (χ4v) is 5.97. The molecule has 8 nitrogen and oxygen atoms in total. The normalized spacial score (nSPS) is 13.6. The zero-order valence-electron chi connectivity index (χ0n) is 27.3. The standard InChI is InChI=1S/C35H49N3O5Si/c1-24(36-21-32(43-44(7,8)34(2,3)4)26-12-17-31(41)30(20-26)38-23-39)18-25-10-9-11-27(19-25)33(42)37-22-35(5,6)28-13-15-29(40)16-14-28/h9-17,19-20,23-24,32,36,40-41H,18,21-22H2,1-8H3,(H,37,42)(H,38,39)/t24-,32+/m1/s1. The Kier molecular flexibility index (Phi) is 11.4. The predicted octanol–water partition coefficient (Wildman–Crippen LogP) is 6.66. The van der Waals surface area contributed by atoms with Crippen LogP contribution in [0.3, 0.4) is 0 Å². The lowest BCUT2D eigenvalue weighted by molar-refractivity contribution is -0.105. The summed E-state index contributed by atoms with van der Waals surface area (Å²) < 4.78 is 6.82. The molecule has 5 N–H and O–H groups in total. The molecule has 0 bridgehead atoms. The van der Waals surface area contributed by atoms with Gasteiger partial charge in [-0.15, -0.1) is 0 Å². The van der Waals surface area contributed by atoms with Gasteiger partial charge in [0, 0.05) is 30.1 Å². The van der Waals surface area contributed by atoms with Gasteiger partial charge in [-0.3, -0.25) is 9.59 Å². The molecule has 0 aromatic heterocycles. The molecule has 0 aliphatic carbocycles. The first-order chi connectivity index (χ1) is 20.5. The van der Waals surface area contributed by atoms with E-state index in [0.717, 1.165) is 16.7 Å². The van der Waals surface area contributed by atoms with E-state index in [0.29, 0.717) is 37.2 Å². The van der Waals surface area contributed by atoms with Crippen molar-refractivity contribution in [3.8, 4) is 11.5 Å². The van der Waals surface area contributed by atoms with Gasteiger partial charge in [-0.05, 0) is 84.6 Å². The van der Waals surface area contributed by atoms with Crippen molar-refractivity contribution < 1.29 is 24.2 Å². The Hall–Kier alpha value is -3.66. The third kappa shape index (κ3) is 9.42. The van der Waals surface area contributed by atoms with E-state index >= 15 is 0 Å². The van der Waals surface area contributed by atoms with E-state index < -0.39 is 8.32 Å². The van der Waals surface area contributed by atoms with E-state index in [1.165, 1.54) is 0 Å². The Bertz CT molecular complexity index is 1420. The van der Waals surface area contributed by atoms with Gasteiger partial charge >= 0.3 is 0 Å². The lowest BCUT2D eigenvalue weighted by atomic mass is 9.84. The van der Waals surface area contributed by atoms with Crippen LogP contribution in [0.1, 0.15) is 74.7 Å². The quantitative estimate of drug-likeness (QED) is 0.0782. The van der Waals surface area contributed by atoms with Gasteiger partial charge < -0.3 is 30.6 Å². The van der Waals surface area contributed by atoms with Crippen molar-refractivity contribution in [2.75, 3.05) is 18.4 Å². The topological polar surface area (TPSA) is 120 Å². The van der Waals surface area contributed by atoms with Crippen molar-refractivity contribution in [1.82, 2.24) is 10.6 Å². The average Bonchev–Trinajstić information content (AvgIpc) is 2.95. The van der Waals surface area contributed by atoms with E-state index in [-0.39, 0.29) is 40.0 Å². The summed E-state index contributed by atoms with van der Waals surface area (Å²) in [4.78, 5) is 24.2. The van der Waals surface area contributed by atoms with Crippen molar-refractivity contribution in [2.24, 2.45) is 0 Å². The zero-order valence-corrected chi connectivity index (χ0v) is 28.3. The van der Waals surface area contributed by atoms with Crippen molar-refractivity contribution in [3.05, 3.63) is 89.0 Å². The zero-order chi connectivity index (χ0) is 32.7. The van der Waals surface area contributed by atoms with Crippen LogP contribution in [0.2, 0.25) is 18.1 Å². The number of hydrogen-bond donors (Lipinski definition) is 5. The van der Waals surface area contributed by atoms with Gasteiger partial charge in [0.1, 0.15) is 11.5 Å². The van der Waals surface area contributed by atoms with Gasteiger partial charge in [0.2, 0.25) is 6.41 Å². The van der Waals surface area contributed by atoms with Crippen LogP contribution in [-0.2, 0) is 21.1 Å². The Morgan fingerprint density at radius 2 is 1.66 bits per heavy atom. The first kappa shape index (κ1) is 34.8. The number of phenols is 2. The number of amides is 2. The van der Waals surface area contributed by atoms with Crippen molar-refractivity contribution in [1.29, 1.82) is 0 Å². The van der Waals surface area contributed by atoms with Crippen LogP contribution in [-0.4, -0.2) is 50.0 Å². The van der Waals surface area contributed by atoms with Crippen molar-refractivity contribution in [2.45, 2.75) is 83.7 Å². The van der Waals surface area contributed by atoms with Gasteiger partial charge in [-0.25, -0.2) is 0 Å². The molecule has 2 atom stereocenters. The molecule has 0 saturated carbocycles. The van der Waals surface area contributed by atoms with Crippen molar-refractivity contribution in [3.63, 3.8) is 0 Å². The number of anilines is 1. The number of rotatable bonds is 14. The molecule has 3 rings (SSSR count). The summed E-state index contributed by atoms with van der Waals surface area (Å²) in [6.45, 7) is 18.2. The molecule has 238 valence electrons. The smallest absolute Gasteiger partial charge is 0.251 e. The second kappa shape index (κ2) is 14.4. The average molecular weight is 620 g/mol. The Balaban J connectivity index is 1.68. The fraction of sp³-hybridized carbons (Fsp3) is 0.429. The van der Waals surface area contributed by atoms with Gasteiger partial charge in [0.05, 0.1) is 11.8 Å². The number of nitrogens with one attached hydrogen (secondary N) is 3. The summed E-state index contributed by atoms with van der Waals surface area (Å²) in [6.07, 6.45) is 0.967. The molecule has 0 heterocycles. The summed E-state index contributed by atoms with van der Waals surface area (Å²) in [7, 11) is -2.16. The molecule has 0 unspecified atom stereocenters. The monoisotopic (exact) mass is 619 g/mol. The molecule has 0 saturated heterocycles. The largest absolute Gasteiger partial charge is 0.508 e. The minimum absolute atomic E-state index is 0.00101. The van der Waals surface area contributed by atoms with Gasteiger partial charge in [0.15, 0.2) is 8.32 Å². The minimum Gasteiger partial charge on any atom is -0.508 e. The van der Waals surface area contributed by atoms with Crippen LogP contribution >= 0.6 is 0 Å². The number of aromatic hydroxyl groups is 2. The van der Waals surface area contributed by atoms with E-state index in [4.69, 9.17) is 4.43 Å². The van der Waals surface area contributed by atoms with E-state index in [9.17, 15) is 19.8 Å². The van der Waals surface area contributed by atoms with Crippen LogP contribution in [0.15, 0.2) is 66.7 Å². The summed E-state index contributed by atoms with van der Waals surface area (Å²) in [5.74, 6) is 0.0875. The molecular formula is C35H49N3O5Si. The van der Waals surface area contributed by atoms with Crippen LogP contribution in [0, 0.1) is 0 Å². The highest BCUT2D eigenvalue weighted by Crippen LogP contribution is 2.40. The maximum absolute atomic E-state index is 13.1. The Morgan fingerprint density at radius 3 is 2.30 bits per heavy atom. The molecule has 3 aromatic rings. The Morgan fingerprint density at radius 1 is 0.977 bits per heavy atom. The second-order valence-corrected chi connectivity index (χ2v) is 18.5. The van der Waals surface area contributed by atoms with E-state index in [1.807, 2.05) is 42.5 Å². The third-order valence-corrected chi connectivity index (χ3v) is 13.1. The highest BCUT2D eigenvalue weighted by Gasteiger charge is 2.39. The summed E-state index contributed by atoms with van der Waals surface area (Å²) >= 11 is 0. The molecule has 0 fully saturated rings. The lowest BCUT2D eigenvalue weighted by Crippen LogP contribution is -2.44. The van der Waals surface area contributed by atoms with Gasteiger partial charge in [-0.1, -0.05) is 65.0 Å².